The van der Waals surface area contributed by atoms with Crippen LogP contribution in [0.2, 0.25) is 0 Å². The van der Waals surface area contributed by atoms with E-state index in [1.165, 1.54) is 23.3 Å². The van der Waals surface area contributed by atoms with E-state index in [9.17, 15) is 19.5 Å². The van der Waals surface area contributed by atoms with Gasteiger partial charge in [0.2, 0.25) is 11.8 Å². The van der Waals surface area contributed by atoms with Crippen LogP contribution in [-0.4, -0.2) is 29.4 Å². The Bertz CT molecular complexity index is 1330. The van der Waals surface area contributed by atoms with Gasteiger partial charge in [-0.1, -0.05) is 60.7 Å². The van der Waals surface area contributed by atoms with Crippen molar-refractivity contribution in [1.29, 1.82) is 0 Å². The fourth-order valence-electron chi connectivity index (χ4n) is 8.17. The van der Waals surface area contributed by atoms with Gasteiger partial charge < -0.3 is 15.7 Å². The van der Waals surface area contributed by atoms with Gasteiger partial charge in [-0.15, -0.1) is 0 Å². The van der Waals surface area contributed by atoms with Crippen molar-refractivity contribution in [3.05, 3.63) is 102 Å². The van der Waals surface area contributed by atoms with Gasteiger partial charge in [0, 0.05) is 18.2 Å². The Hall–Kier alpha value is -3.93. The first kappa shape index (κ1) is 26.3. The zero-order chi connectivity index (χ0) is 27.7. The summed E-state index contributed by atoms with van der Waals surface area (Å²) in [6.45, 7) is 0.583. The zero-order valence-electron chi connectivity index (χ0n) is 22.6. The van der Waals surface area contributed by atoms with E-state index in [1.54, 1.807) is 12.1 Å². The highest BCUT2D eigenvalue weighted by molar-refractivity contribution is 5.97. The summed E-state index contributed by atoms with van der Waals surface area (Å²) in [5.74, 6) is 0.0380. The average molecular weight is 537 g/mol. The van der Waals surface area contributed by atoms with E-state index < -0.39 is 16.8 Å². The third kappa shape index (κ3) is 5.03. The van der Waals surface area contributed by atoms with Crippen molar-refractivity contribution in [2.75, 3.05) is 11.9 Å². The number of benzene rings is 3. The van der Waals surface area contributed by atoms with Crippen LogP contribution >= 0.6 is 0 Å². The molecule has 0 radical (unpaired) electrons. The van der Waals surface area contributed by atoms with Gasteiger partial charge in [-0.25, -0.2) is 4.79 Å². The molecule has 6 heteroatoms. The second kappa shape index (κ2) is 10.6. The predicted molar refractivity (Wildman–Crippen MR) is 154 cm³/mol. The van der Waals surface area contributed by atoms with Gasteiger partial charge >= 0.3 is 5.97 Å². The number of carboxylic acid groups (broad SMARTS) is 1. The molecule has 4 fully saturated rings. The molecule has 0 aliphatic heterocycles. The molecule has 3 N–H and O–H groups in total. The smallest absolute Gasteiger partial charge is 0.335 e. The largest absolute Gasteiger partial charge is 0.478 e. The Morgan fingerprint density at radius 3 is 1.80 bits per heavy atom. The zero-order valence-corrected chi connectivity index (χ0v) is 22.6. The number of anilines is 1. The molecular weight excluding hydrogens is 500 g/mol. The molecule has 4 saturated carbocycles. The molecule has 4 aliphatic carbocycles. The SMILES string of the molecule is O=C(O)c1ccc(NC(=O)C23CC4CC(CC(C(=O)NCCC(c5ccccc5)c5ccccc5)(C4)C2)C3)cc1. The summed E-state index contributed by atoms with van der Waals surface area (Å²) >= 11 is 0. The second-order valence-corrected chi connectivity index (χ2v) is 12.3. The molecular formula is C34H36N2O4. The number of aromatic carboxylic acids is 1. The highest BCUT2D eigenvalue weighted by Crippen LogP contribution is 2.65. The lowest BCUT2D eigenvalue weighted by Gasteiger charge is -2.60. The summed E-state index contributed by atoms with van der Waals surface area (Å²) in [7, 11) is 0. The van der Waals surface area contributed by atoms with Crippen molar-refractivity contribution in [2.45, 2.75) is 50.9 Å². The molecule has 40 heavy (non-hydrogen) atoms. The summed E-state index contributed by atoms with van der Waals surface area (Å²) in [4.78, 5) is 38.8. The number of carboxylic acids is 1. The molecule has 3 aromatic carbocycles. The molecule has 6 nitrogen and oxygen atoms in total. The van der Waals surface area contributed by atoms with Crippen LogP contribution in [0.4, 0.5) is 5.69 Å². The maximum atomic E-state index is 13.9. The molecule has 4 aliphatic rings. The molecule has 0 spiro atoms. The minimum absolute atomic E-state index is 0.0323. The maximum Gasteiger partial charge on any atom is 0.335 e. The third-order valence-electron chi connectivity index (χ3n) is 9.54. The normalized spacial score (nSPS) is 26.4. The van der Waals surface area contributed by atoms with Gasteiger partial charge in [0.15, 0.2) is 0 Å². The maximum absolute atomic E-state index is 13.9. The summed E-state index contributed by atoms with van der Waals surface area (Å²) in [6, 6.07) is 27.2. The highest BCUT2D eigenvalue weighted by atomic mass is 16.4. The Labute approximate surface area is 235 Å². The molecule has 2 atom stereocenters. The lowest BCUT2D eigenvalue weighted by Crippen LogP contribution is -2.60. The van der Waals surface area contributed by atoms with Crippen molar-refractivity contribution in [1.82, 2.24) is 5.32 Å². The van der Waals surface area contributed by atoms with Gasteiger partial charge in [0.05, 0.1) is 16.4 Å². The van der Waals surface area contributed by atoms with Crippen molar-refractivity contribution in [3.8, 4) is 0 Å². The van der Waals surface area contributed by atoms with E-state index >= 15 is 0 Å². The summed E-state index contributed by atoms with van der Waals surface area (Å²) in [6.07, 6.45) is 5.85. The molecule has 0 saturated heterocycles. The Balaban J connectivity index is 1.15. The van der Waals surface area contributed by atoms with Crippen LogP contribution in [0.15, 0.2) is 84.9 Å². The summed E-state index contributed by atoms with van der Waals surface area (Å²) in [5, 5.41) is 15.5. The molecule has 206 valence electrons. The van der Waals surface area contributed by atoms with E-state index in [4.69, 9.17) is 0 Å². The molecule has 2 amide bonds. The number of hydrogen-bond acceptors (Lipinski definition) is 3. The minimum Gasteiger partial charge on any atom is -0.478 e. The third-order valence-corrected chi connectivity index (χ3v) is 9.54. The van der Waals surface area contributed by atoms with Gasteiger partial charge in [-0.3, -0.25) is 9.59 Å². The van der Waals surface area contributed by atoms with Crippen molar-refractivity contribution >= 4 is 23.5 Å². The number of hydrogen-bond donors (Lipinski definition) is 3. The lowest BCUT2D eigenvalue weighted by atomic mass is 9.43. The topological polar surface area (TPSA) is 95.5 Å². The van der Waals surface area contributed by atoms with E-state index in [0.717, 1.165) is 38.5 Å². The van der Waals surface area contributed by atoms with Crippen LogP contribution in [-0.2, 0) is 9.59 Å². The predicted octanol–water partition coefficient (Wildman–Crippen LogP) is 6.25. The number of carbonyl (C=O) groups excluding carboxylic acids is 2. The van der Waals surface area contributed by atoms with Gasteiger partial charge in [-0.05, 0) is 92.2 Å². The van der Waals surface area contributed by atoms with Crippen LogP contribution in [0.1, 0.15) is 72.3 Å². The quantitative estimate of drug-likeness (QED) is 0.301. The van der Waals surface area contributed by atoms with Crippen LogP contribution in [0.5, 0.6) is 0 Å². The van der Waals surface area contributed by atoms with Crippen molar-refractivity contribution in [2.24, 2.45) is 22.7 Å². The first-order valence-corrected chi connectivity index (χ1v) is 14.4. The molecule has 2 unspecified atom stereocenters. The van der Waals surface area contributed by atoms with Gasteiger partial charge in [-0.2, -0.15) is 0 Å². The minimum atomic E-state index is -0.995. The fourth-order valence-corrected chi connectivity index (χ4v) is 8.17. The number of nitrogens with one attached hydrogen (secondary N) is 2. The van der Waals surface area contributed by atoms with E-state index in [2.05, 4.69) is 59.2 Å². The fraction of sp³-hybridized carbons (Fsp3) is 0.382. The Kier molecular flexibility index (Phi) is 6.95. The van der Waals surface area contributed by atoms with Crippen molar-refractivity contribution in [3.63, 3.8) is 0 Å². The van der Waals surface area contributed by atoms with Crippen LogP contribution in [0.3, 0.4) is 0 Å². The van der Waals surface area contributed by atoms with Gasteiger partial charge in [0.25, 0.3) is 0 Å². The molecule has 3 aromatic rings. The lowest BCUT2D eigenvalue weighted by molar-refractivity contribution is -0.164. The molecule has 0 aromatic heterocycles. The van der Waals surface area contributed by atoms with E-state index in [1.807, 2.05) is 12.1 Å². The Morgan fingerprint density at radius 1 is 0.750 bits per heavy atom. The second-order valence-electron chi connectivity index (χ2n) is 12.3. The first-order chi connectivity index (χ1) is 19.4. The van der Waals surface area contributed by atoms with E-state index in [0.29, 0.717) is 30.5 Å². The molecule has 0 heterocycles. The van der Waals surface area contributed by atoms with Crippen LogP contribution in [0, 0.1) is 22.7 Å². The molecule has 7 rings (SSSR count). The number of amides is 2. The highest BCUT2D eigenvalue weighted by Gasteiger charge is 2.63. The molecule has 4 bridgehead atoms. The van der Waals surface area contributed by atoms with Crippen molar-refractivity contribution < 1.29 is 19.5 Å². The Morgan fingerprint density at radius 2 is 1.27 bits per heavy atom. The van der Waals surface area contributed by atoms with E-state index in [-0.39, 0.29) is 23.3 Å². The first-order valence-electron chi connectivity index (χ1n) is 14.4. The average Bonchev–Trinajstić information content (AvgIpc) is 2.96. The number of rotatable bonds is 9. The standard InChI is InChI=1S/C34H36N2O4/c37-30(38)27-11-13-28(14-12-27)36-32(40)34-20-23-17-24(21-34)19-33(18-23,22-34)31(39)35-16-15-29(25-7-3-1-4-8-25)26-9-5-2-6-10-26/h1-14,23-24,29H,15-22H2,(H,35,39)(H,36,40)(H,37,38). The summed E-state index contributed by atoms with van der Waals surface area (Å²) in [5.41, 5.74) is 2.21. The number of carbonyl (C=O) groups is 3. The van der Waals surface area contributed by atoms with Gasteiger partial charge in [0.1, 0.15) is 0 Å². The monoisotopic (exact) mass is 536 g/mol. The van der Waals surface area contributed by atoms with Crippen LogP contribution < -0.4 is 10.6 Å². The summed E-state index contributed by atoms with van der Waals surface area (Å²) < 4.78 is 0. The van der Waals surface area contributed by atoms with Crippen LogP contribution in [0.25, 0.3) is 0 Å².